The fourth-order valence-electron chi connectivity index (χ4n) is 4.54. The lowest BCUT2D eigenvalue weighted by Gasteiger charge is -2.17. The first-order valence-electron chi connectivity index (χ1n) is 13.2. The molecule has 2 saturated heterocycles. The third-order valence-electron chi connectivity index (χ3n) is 6.69. The highest BCUT2D eigenvalue weighted by atomic mass is 19.4. The summed E-state index contributed by atoms with van der Waals surface area (Å²) in [4.78, 5) is 24.0. The third kappa shape index (κ3) is 9.72. The largest absolute Gasteiger partial charge is 0.491 e. The summed E-state index contributed by atoms with van der Waals surface area (Å²) in [6.07, 6.45) is -4.90. The van der Waals surface area contributed by atoms with E-state index in [4.69, 9.17) is 9.47 Å². The molecule has 0 aromatic heterocycles. The SMILES string of the molecule is O=[N+]([O-])c1ccc(C(F)(F)F)c(OCCN2CCCC2)c1.O=[N+]([O-])c1ccc(C(F)(F)F)c(OCCN2CCCC2)c1. The van der Waals surface area contributed by atoms with E-state index in [1.807, 2.05) is 0 Å². The molecule has 2 heterocycles. The van der Waals surface area contributed by atoms with Crippen LogP contribution in [0.2, 0.25) is 0 Å². The molecule has 4 rings (SSSR count). The highest BCUT2D eigenvalue weighted by Crippen LogP contribution is 2.39. The van der Waals surface area contributed by atoms with Crippen LogP contribution in [0.4, 0.5) is 37.7 Å². The molecule has 2 aromatic rings. The molecule has 0 amide bonds. The Balaban J connectivity index is 0.000000230. The van der Waals surface area contributed by atoms with Gasteiger partial charge in [0.1, 0.15) is 24.7 Å². The third-order valence-corrected chi connectivity index (χ3v) is 6.69. The van der Waals surface area contributed by atoms with Crippen molar-refractivity contribution >= 4 is 11.4 Å². The molecule has 0 radical (unpaired) electrons. The van der Waals surface area contributed by atoms with Crippen molar-refractivity contribution < 1.29 is 45.7 Å². The molecule has 2 aromatic carbocycles. The van der Waals surface area contributed by atoms with Crippen LogP contribution in [0.1, 0.15) is 36.8 Å². The van der Waals surface area contributed by atoms with Gasteiger partial charge in [-0.25, -0.2) is 0 Å². The highest BCUT2D eigenvalue weighted by molar-refractivity contribution is 5.46. The zero-order valence-corrected chi connectivity index (χ0v) is 22.5. The Bertz CT molecular complexity index is 1120. The second kappa shape index (κ2) is 14.5. The summed E-state index contributed by atoms with van der Waals surface area (Å²) in [5.74, 6) is -0.980. The number of nitrogens with zero attached hydrogens (tertiary/aromatic N) is 4. The summed E-state index contributed by atoms with van der Waals surface area (Å²) in [5, 5.41) is 21.3. The topological polar surface area (TPSA) is 111 Å². The summed E-state index contributed by atoms with van der Waals surface area (Å²) < 4.78 is 87.4. The van der Waals surface area contributed by atoms with E-state index < -0.39 is 56.2 Å². The molecule has 0 N–H and O–H groups in total. The van der Waals surface area contributed by atoms with Gasteiger partial charge in [0.15, 0.2) is 0 Å². The van der Waals surface area contributed by atoms with E-state index in [0.29, 0.717) is 25.2 Å². The van der Waals surface area contributed by atoms with Crippen molar-refractivity contribution in [3.05, 3.63) is 67.8 Å². The Hall–Kier alpha value is -3.66. The van der Waals surface area contributed by atoms with Crippen LogP contribution in [0.15, 0.2) is 36.4 Å². The minimum Gasteiger partial charge on any atom is -0.491 e. The molecule has 42 heavy (non-hydrogen) atoms. The summed E-state index contributed by atoms with van der Waals surface area (Å²) >= 11 is 0. The first-order chi connectivity index (χ1) is 19.8. The van der Waals surface area contributed by atoms with Gasteiger partial charge >= 0.3 is 12.4 Å². The predicted molar refractivity (Wildman–Crippen MR) is 139 cm³/mol. The Morgan fingerprint density at radius 3 is 1.26 bits per heavy atom. The number of benzene rings is 2. The van der Waals surface area contributed by atoms with Crippen LogP contribution < -0.4 is 9.47 Å². The second-order valence-electron chi connectivity index (χ2n) is 9.67. The second-order valence-corrected chi connectivity index (χ2v) is 9.67. The predicted octanol–water partition coefficient (Wildman–Crippen LogP) is 6.18. The van der Waals surface area contributed by atoms with E-state index in [1.54, 1.807) is 0 Å². The number of likely N-dealkylation sites (tertiary alicyclic amines) is 2. The zero-order valence-electron chi connectivity index (χ0n) is 22.5. The number of ether oxygens (including phenoxy) is 2. The van der Waals surface area contributed by atoms with Gasteiger partial charge in [-0.05, 0) is 64.0 Å². The number of hydrogen-bond acceptors (Lipinski definition) is 8. The minimum atomic E-state index is -4.60. The number of nitro groups is 2. The summed E-state index contributed by atoms with van der Waals surface area (Å²) in [5.41, 5.74) is -2.82. The van der Waals surface area contributed by atoms with E-state index in [1.165, 1.54) is 0 Å². The lowest BCUT2D eigenvalue weighted by Crippen LogP contribution is -2.25. The first kappa shape index (κ1) is 32.8. The maximum atomic E-state index is 12.8. The van der Waals surface area contributed by atoms with Gasteiger partial charge in [0.25, 0.3) is 11.4 Å². The molecule has 0 spiro atoms. The molecule has 0 atom stereocenters. The Labute approximate surface area is 237 Å². The smallest absolute Gasteiger partial charge is 0.419 e. The summed E-state index contributed by atoms with van der Waals surface area (Å²) in [7, 11) is 0. The number of hydrogen-bond donors (Lipinski definition) is 0. The molecular formula is C26H30F6N4O6. The van der Waals surface area contributed by atoms with Gasteiger partial charge in [-0.2, -0.15) is 26.3 Å². The van der Waals surface area contributed by atoms with Crippen molar-refractivity contribution in [3.8, 4) is 11.5 Å². The lowest BCUT2D eigenvalue weighted by molar-refractivity contribution is -0.385. The molecule has 0 aliphatic carbocycles. The van der Waals surface area contributed by atoms with Crippen LogP contribution in [0, 0.1) is 20.2 Å². The van der Waals surface area contributed by atoms with Crippen LogP contribution in [-0.2, 0) is 12.4 Å². The average Bonchev–Trinajstić information content (AvgIpc) is 3.62. The maximum absolute atomic E-state index is 12.8. The van der Waals surface area contributed by atoms with Gasteiger partial charge in [0.2, 0.25) is 0 Å². The lowest BCUT2D eigenvalue weighted by atomic mass is 10.1. The van der Waals surface area contributed by atoms with Crippen molar-refractivity contribution in [1.29, 1.82) is 0 Å². The minimum absolute atomic E-state index is 0.0737. The Morgan fingerprint density at radius 2 is 0.976 bits per heavy atom. The van der Waals surface area contributed by atoms with Crippen LogP contribution >= 0.6 is 0 Å². The van der Waals surface area contributed by atoms with Crippen LogP contribution in [0.5, 0.6) is 11.5 Å². The van der Waals surface area contributed by atoms with Crippen LogP contribution in [0.3, 0.4) is 0 Å². The van der Waals surface area contributed by atoms with Crippen molar-refractivity contribution in [2.24, 2.45) is 0 Å². The molecule has 2 aliphatic rings. The van der Waals surface area contributed by atoms with Gasteiger partial charge in [-0.3, -0.25) is 30.0 Å². The quantitative estimate of drug-likeness (QED) is 0.179. The molecular weight excluding hydrogens is 578 g/mol. The monoisotopic (exact) mass is 608 g/mol. The van der Waals surface area contributed by atoms with E-state index in [2.05, 4.69) is 9.80 Å². The van der Waals surface area contributed by atoms with Gasteiger partial charge in [-0.1, -0.05) is 0 Å². The maximum Gasteiger partial charge on any atom is 0.419 e. The highest BCUT2D eigenvalue weighted by Gasteiger charge is 2.36. The zero-order chi connectivity index (χ0) is 30.9. The Kier molecular flexibility index (Phi) is 11.3. The molecule has 0 saturated carbocycles. The van der Waals surface area contributed by atoms with Gasteiger partial charge in [0, 0.05) is 25.2 Å². The number of alkyl halides is 6. The average molecular weight is 609 g/mol. The molecule has 2 aliphatic heterocycles. The molecule has 2 fully saturated rings. The van der Waals surface area contributed by atoms with Crippen molar-refractivity contribution in [2.45, 2.75) is 38.0 Å². The standard InChI is InChI=1S/2C13H15F3N2O3/c2*14-13(15,16)11-4-3-10(18(19)20)9-12(11)21-8-7-17-5-1-2-6-17/h2*3-4,9H,1-2,5-8H2. The van der Waals surface area contributed by atoms with E-state index in [9.17, 15) is 46.6 Å². The van der Waals surface area contributed by atoms with Crippen LogP contribution in [-0.4, -0.2) is 72.1 Å². The van der Waals surface area contributed by atoms with Crippen molar-refractivity contribution in [1.82, 2.24) is 9.80 Å². The normalized spacial score (nSPS) is 16.1. The summed E-state index contributed by atoms with van der Waals surface area (Å²) in [6, 6.07) is 4.68. The van der Waals surface area contributed by atoms with E-state index in [-0.39, 0.29) is 13.2 Å². The number of non-ortho nitro benzene ring substituents is 2. The van der Waals surface area contributed by atoms with Gasteiger partial charge in [-0.15, -0.1) is 0 Å². The fraction of sp³-hybridized carbons (Fsp3) is 0.538. The first-order valence-corrected chi connectivity index (χ1v) is 13.2. The molecule has 232 valence electrons. The fourth-order valence-corrected chi connectivity index (χ4v) is 4.54. The van der Waals surface area contributed by atoms with Gasteiger partial charge < -0.3 is 9.47 Å². The molecule has 10 nitrogen and oxygen atoms in total. The molecule has 0 bridgehead atoms. The number of nitro benzene ring substituents is 2. The summed E-state index contributed by atoms with van der Waals surface area (Å²) in [6.45, 7) is 4.80. The van der Waals surface area contributed by atoms with E-state index in [0.717, 1.165) is 76.1 Å². The number of rotatable bonds is 10. The van der Waals surface area contributed by atoms with Crippen molar-refractivity contribution in [2.75, 3.05) is 52.5 Å². The number of halogens is 6. The van der Waals surface area contributed by atoms with Crippen molar-refractivity contribution in [3.63, 3.8) is 0 Å². The Morgan fingerprint density at radius 1 is 0.643 bits per heavy atom. The molecule has 0 unspecified atom stereocenters. The van der Waals surface area contributed by atoms with Crippen LogP contribution in [0.25, 0.3) is 0 Å². The van der Waals surface area contributed by atoms with Gasteiger partial charge in [0.05, 0.1) is 33.1 Å². The van der Waals surface area contributed by atoms with E-state index >= 15 is 0 Å². The molecule has 16 heteroatoms.